The Morgan fingerprint density at radius 2 is 2.05 bits per heavy atom. The van der Waals surface area contributed by atoms with Crippen LogP contribution in [0.2, 0.25) is 0 Å². The Kier molecular flexibility index (Phi) is 3.25. The number of sulfonamides is 1. The molecular weight excluding hydrogens is 306 g/mol. The minimum Gasteiger partial charge on any atom is -0.360 e. The lowest BCUT2D eigenvalue weighted by Gasteiger charge is -2.26. The predicted molar refractivity (Wildman–Crippen MR) is 79.2 cm³/mol. The molecule has 1 aliphatic rings. The van der Waals surface area contributed by atoms with Gasteiger partial charge in [0.25, 0.3) is 15.9 Å². The molecule has 0 unspecified atom stereocenters. The highest BCUT2D eigenvalue weighted by molar-refractivity contribution is 7.89. The van der Waals surface area contributed by atoms with Gasteiger partial charge in [0, 0.05) is 13.1 Å². The maximum atomic E-state index is 12.4. The molecule has 8 heteroatoms. The zero-order valence-corrected chi connectivity index (χ0v) is 12.7. The molecule has 1 N–H and O–H groups in total. The van der Waals surface area contributed by atoms with Crippen molar-refractivity contribution in [2.45, 2.75) is 11.8 Å². The first kappa shape index (κ1) is 14.3. The molecule has 0 saturated heterocycles. The van der Waals surface area contributed by atoms with Crippen LogP contribution >= 0.6 is 0 Å². The topological polar surface area (TPSA) is 92.5 Å². The number of nitrogens with one attached hydrogen (secondary N) is 1. The zero-order chi connectivity index (χ0) is 15.9. The fourth-order valence-electron chi connectivity index (χ4n) is 2.16. The number of carbonyl (C=O) groups excluding carboxylic acids is 1. The molecule has 2 heterocycles. The molecule has 0 spiro atoms. The van der Waals surface area contributed by atoms with Crippen molar-refractivity contribution in [3.8, 4) is 0 Å². The average Bonchev–Trinajstić information content (AvgIpc) is 2.88. The SMILES string of the molecule is Cc1cc(NC(=O)C2=Cc3ccccc3S(=O)(=O)N2C)no1. The monoisotopic (exact) mass is 319 g/mol. The van der Waals surface area contributed by atoms with Crippen LogP contribution in [0.4, 0.5) is 5.82 Å². The number of carbonyl (C=O) groups is 1. The molecule has 1 aliphatic heterocycles. The molecule has 0 radical (unpaired) electrons. The molecule has 3 rings (SSSR count). The van der Waals surface area contributed by atoms with Gasteiger partial charge in [-0.25, -0.2) is 8.42 Å². The number of fused-ring (bicyclic) bond motifs is 1. The third-order valence-corrected chi connectivity index (χ3v) is 5.14. The molecule has 22 heavy (non-hydrogen) atoms. The van der Waals surface area contributed by atoms with Gasteiger partial charge in [-0.15, -0.1) is 0 Å². The number of hydrogen-bond donors (Lipinski definition) is 1. The molecule has 0 aliphatic carbocycles. The number of nitrogens with zero attached hydrogens (tertiary/aromatic N) is 2. The summed E-state index contributed by atoms with van der Waals surface area (Å²) in [4.78, 5) is 12.5. The van der Waals surface area contributed by atoms with Crippen molar-refractivity contribution >= 4 is 27.8 Å². The van der Waals surface area contributed by atoms with Crippen LogP contribution in [0.5, 0.6) is 0 Å². The van der Waals surface area contributed by atoms with E-state index in [4.69, 9.17) is 4.52 Å². The van der Waals surface area contributed by atoms with Crippen LogP contribution < -0.4 is 5.32 Å². The summed E-state index contributed by atoms with van der Waals surface area (Å²) in [6, 6.07) is 8.05. The number of likely N-dealkylation sites (N-methyl/N-ethyl adjacent to an activating group) is 1. The molecular formula is C14H13N3O4S. The first-order valence-corrected chi connectivity index (χ1v) is 7.88. The second-order valence-electron chi connectivity index (χ2n) is 4.82. The minimum atomic E-state index is -3.74. The zero-order valence-electron chi connectivity index (χ0n) is 11.9. The van der Waals surface area contributed by atoms with Gasteiger partial charge in [0.05, 0.1) is 4.90 Å². The lowest BCUT2D eigenvalue weighted by atomic mass is 10.2. The van der Waals surface area contributed by atoms with Crippen molar-refractivity contribution in [3.63, 3.8) is 0 Å². The average molecular weight is 319 g/mol. The van der Waals surface area contributed by atoms with Crippen LogP contribution in [0.1, 0.15) is 11.3 Å². The number of rotatable bonds is 2. The van der Waals surface area contributed by atoms with E-state index in [-0.39, 0.29) is 16.4 Å². The van der Waals surface area contributed by atoms with E-state index >= 15 is 0 Å². The molecule has 1 amide bonds. The number of aryl methyl sites for hydroxylation is 1. The Labute approximate surface area is 127 Å². The molecule has 1 aromatic carbocycles. The normalized spacial score (nSPS) is 15.9. The van der Waals surface area contributed by atoms with Crippen molar-refractivity contribution in [1.29, 1.82) is 0 Å². The molecule has 2 aromatic rings. The summed E-state index contributed by atoms with van der Waals surface area (Å²) in [7, 11) is -2.40. The van der Waals surface area contributed by atoms with Crippen LogP contribution in [0.15, 0.2) is 45.4 Å². The summed E-state index contributed by atoms with van der Waals surface area (Å²) in [6.07, 6.45) is 1.53. The van der Waals surface area contributed by atoms with Gasteiger partial charge in [0.2, 0.25) is 0 Å². The first-order valence-electron chi connectivity index (χ1n) is 6.44. The van der Waals surface area contributed by atoms with E-state index in [1.807, 2.05) is 0 Å². The van der Waals surface area contributed by atoms with Crippen molar-refractivity contribution in [1.82, 2.24) is 9.46 Å². The fraction of sp³-hybridized carbons (Fsp3) is 0.143. The van der Waals surface area contributed by atoms with Gasteiger partial charge >= 0.3 is 0 Å². The van der Waals surface area contributed by atoms with Crippen LogP contribution in [-0.4, -0.2) is 30.8 Å². The molecule has 0 saturated carbocycles. The first-order chi connectivity index (χ1) is 10.4. The van der Waals surface area contributed by atoms with Gasteiger partial charge in [0.1, 0.15) is 11.5 Å². The summed E-state index contributed by atoms with van der Waals surface area (Å²) in [5.41, 5.74) is 0.487. The van der Waals surface area contributed by atoms with Crippen molar-refractivity contribution in [3.05, 3.63) is 47.4 Å². The molecule has 1 aromatic heterocycles. The van der Waals surface area contributed by atoms with E-state index in [1.165, 1.54) is 19.2 Å². The summed E-state index contributed by atoms with van der Waals surface area (Å²) >= 11 is 0. The molecule has 0 fully saturated rings. The summed E-state index contributed by atoms with van der Waals surface area (Å²) in [5.74, 6) is 0.196. The largest absolute Gasteiger partial charge is 0.360 e. The van der Waals surface area contributed by atoms with Crippen molar-refractivity contribution in [2.24, 2.45) is 0 Å². The predicted octanol–water partition coefficient (Wildman–Crippen LogP) is 1.60. The molecule has 7 nitrogen and oxygen atoms in total. The van der Waals surface area contributed by atoms with E-state index in [1.54, 1.807) is 31.2 Å². The molecule has 114 valence electrons. The molecule has 0 atom stereocenters. The van der Waals surface area contributed by atoms with Gasteiger partial charge < -0.3 is 9.84 Å². The maximum Gasteiger partial charge on any atom is 0.274 e. The summed E-state index contributed by atoms with van der Waals surface area (Å²) in [6.45, 7) is 1.69. The highest BCUT2D eigenvalue weighted by Crippen LogP contribution is 2.30. The summed E-state index contributed by atoms with van der Waals surface area (Å²) < 4.78 is 30.7. The van der Waals surface area contributed by atoms with Crippen LogP contribution in [-0.2, 0) is 14.8 Å². The number of anilines is 1. The maximum absolute atomic E-state index is 12.4. The van der Waals surface area contributed by atoms with Gasteiger partial charge in [-0.05, 0) is 24.6 Å². The Morgan fingerprint density at radius 3 is 2.73 bits per heavy atom. The van der Waals surface area contributed by atoms with Crippen LogP contribution in [0.25, 0.3) is 6.08 Å². The van der Waals surface area contributed by atoms with Crippen molar-refractivity contribution in [2.75, 3.05) is 12.4 Å². The quantitative estimate of drug-likeness (QED) is 0.907. The van der Waals surface area contributed by atoms with E-state index in [0.717, 1.165) is 4.31 Å². The minimum absolute atomic E-state index is 0.0133. The lowest BCUT2D eigenvalue weighted by Crippen LogP contribution is -2.35. The Bertz CT molecular complexity index is 883. The van der Waals surface area contributed by atoms with Crippen LogP contribution in [0.3, 0.4) is 0 Å². The lowest BCUT2D eigenvalue weighted by molar-refractivity contribution is -0.113. The fourth-order valence-corrected chi connectivity index (χ4v) is 3.53. The second kappa shape index (κ2) is 4.99. The van der Waals surface area contributed by atoms with Gasteiger partial charge in [-0.1, -0.05) is 23.4 Å². The van der Waals surface area contributed by atoms with Crippen LogP contribution in [0, 0.1) is 6.92 Å². The Morgan fingerprint density at radius 1 is 1.32 bits per heavy atom. The van der Waals surface area contributed by atoms with Gasteiger partial charge in [-0.2, -0.15) is 0 Å². The smallest absolute Gasteiger partial charge is 0.274 e. The Balaban J connectivity index is 2.00. The van der Waals surface area contributed by atoms with Crippen molar-refractivity contribution < 1.29 is 17.7 Å². The van der Waals surface area contributed by atoms with Gasteiger partial charge in [0.15, 0.2) is 5.82 Å². The Hall–Kier alpha value is -2.61. The van der Waals surface area contributed by atoms with E-state index < -0.39 is 15.9 Å². The molecule has 0 bridgehead atoms. The number of benzene rings is 1. The number of hydrogen-bond acceptors (Lipinski definition) is 5. The van der Waals surface area contributed by atoms with E-state index in [0.29, 0.717) is 11.3 Å². The third-order valence-electron chi connectivity index (χ3n) is 3.29. The standard InChI is InChI=1S/C14H13N3O4S/c1-9-7-13(16-21-9)15-14(18)11-8-10-5-3-4-6-12(10)22(19,20)17(11)2/h3-8H,1-2H3,(H,15,16,18). The third kappa shape index (κ3) is 2.27. The van der Waals surface area contributed by atoms with E-state index in [2.05, 4.69) is 10.5 Å². The summed E-state index contributed by atoms with van der Waals surface area (Å²) in [5, 5.41) is 6.17. The number of amides is 1. The van der Waals surface area contributed by atoms with E-state index in [9.17, 15) is 13.2 Å². The number of aromatic nitrogens is 1. The highest BCUT2D eigenvalue weighted by Gasteiger charge is 2.32. The highest BCUT2D eigenvalue weighted by atomic mass is 32.2. The van der Waals surface area contributed by atoms with Gasteiger partial charge in [-0.3, -0.25) is 9.10 Å². The second-order valence-corrected chi connectivity index (χ2v) is 6.75.